The SMILES string of the molecule is COC(=O)CC1CCC2C(=O)CCCC12. The summed E-state index contributed by atoms with van der Waals surface area (Å²) in [6.45, 7) is 0. The molecule has 0 aromatic heterocycles. The van der Waals surface area contributed by atoms with Crippen LogP contribution in [0.2, 0.25) is 0 Å². The van der Waals surface area contributed by atoms with Gasteiger partial charge in [-0.1, -0.05) is 0 Å². The molecule has 2 saturated carbocycles. The van der Waals surface area contributed by atoms with Crippen molar-refractivity contribution in [3.05, 3.63) is 0 Å². The Kier molecular flexibility index (Phi) is 3.08. The minimum atomic E-state index is -0.126. The van der Waals surface area contributed by atoms with Crippen molar-refractivity contribution >= 4 is 11.8 Å². The predicted molar refractivity (Wildman–Crippen MR) is 55.2 cm³/mol. The number of carbonyl (C=O) groups excluding carboxylic acids is 2. The van der Waals surface area contributed by atoms with Gasteiger partial charge in [0.15, 0.2) is 0 Å². The van der Waals surface area contributed by atoms with Crippen LogP contribution < -0.4 is 0 Å². The molecule has 2 aliphatic rings. The van der Waals surface area contributed by atoms with Crippen molar-refractivity contribution in [3.8, 4) is 0 Å². The number of ketones is 1. The van der Waals surface area contributed by atoms with E-state index in [0.717, 1.165) is 32.1 Å². The van der Waals surface area contributed by atoms with Crippen LogP contribution in [-0.2, 0) is 14.3 Å². The van der Waals surface area contributed by atoms with E-state index in [9.17, 15) is 9.59 Å². The van der Waals surface area contributed by atoms with Gasteiger partial charge in [-0.15, -0.1) is 0 Å². The first kappa shape index (κ1) is 10.7. The van der Waals surface area contributed by atoms with Gasteiger partial charge in [-0.25, -0.2) is 0 Å². The highest BCUT2D eigenvalue weighted by Crippen LogP contribution is 2.45. The monoisotopic (exact) mass is 210 g/mol. The van der Waals surface area contributed by atoms with E-state index in [0.29, 0.717) is 24.0 Å². The van der Waals surface area contributed by atoms with Gasteiger partial charge in [0.2, 0.25) is 0 Å². The summed E-state index contributed by atoms with van der Waals surface area (Å²) in [5, 5.41) is 0. The van der Waals surface area contributed by atoms with Crippen LogP contribution in [0.25, 0.3) is 0 Å². The maximum atomic E-state index is 11.7. The van der Waals surface area contributed by atoms with Crippen molar-refractivity contribution in [2.45, 2.75) is 38.5 Å². The van der Waals surface area contributed by atoms with E-state index in [4.69, 9.17) is 4.74 Å². The lowest BCUT2D eigenvalue weighted by molar-refractivity contribution is -0.142. The van der Waals surface area contributed by atoms with Gasteiger partial charge >= 0.3 is 5.97 Å². The van der Waals surface area contributed by atoms with E-state index >= 15 is 0 Å². The van der Waals surface area contributed by atoms with Crippen molar-refractivity contribution in [3.63, 3.8) is 0 Å². The largest absolute Gasteiger partial charge is 0.469 e. The molecular formula is C12H18O3. The van der Waals surface area contributed by atoms with Crippen molar-refractivity contribution in [1.82, 2.24) is 0 Å². The molecule has 3 atom stereocenters. The van der Waals surface area contributed by atoms with Gasteiger partial charge in [0.05, 0.1) is 7.11 Å². The molecule has 2 aliphatic carbocycles. The number of ether oxygens (including phenoxy) is 1. The van der Waals surface area contributed by atoms with Crippen molar-refractivity contribution in [1.29, 1.82) is 0 Å². The van der Waals surface area contributed by atoms with Crippen LogP contribution in [0.15, 0.2) is 0 Å². The number of Topliss-reactive ketones (excluding diaryl/α,β-unsaturated/α-hetero) is 1. The maximum Gasteiger partial charge on any atom is 0.305 e. The third-order valence-corrected chi connectivity index (χ3v) is 4.00. The fourth-order valence-corrected chi connectivity index (χ4v) is 3.24. The number of esters is 1. The van der Waals surface area contributed by atoms with E-state index in [1.807, 2.05) is 0 Å². The molecule has 0 radical (unpaired) electrons. The zero-order chi connectivity index (χ0) is 10.8. The molecule has 0 bridgehead atoms. The normalized spacial score (nSPS) is 35.0. The Morgan fingerprint density at radius 1 is 1.40 bits per heavy atom. The molecule has 3 heteroatoms. The lowest BCUT2D eigenvalue weighted by atomic mass is 9.76. The lowest BCUT2D eigenvalue weighted by Gasteiger charge is -2.27. The Bertz CT molecular complexity index is 272. The van der Waals surface area contributed by atoms with Crippen LogP contribution in [0.3, 0.4) is 0 Å². The van der Waals surface area contributed by atoms with Crippen molar-refractivity contribution in [2.75, 3.05) is 7.11 Å². The molecule has 0 aromatic rings. The van der Waals surface area contributed by atoms with Crippen LogP contribution in [0.5, 0.6) is 0 Å². The van der Waals surface area contributed by atoms with E-state index in [1.54, 1.807) is 0 Å². The van der Waals surface area contributed by atoms with Crippen LogP contribution in [0.4, 0.5) is 0 Å². The number of methoxy groups -OCH3 is 1. The Hall–Kier alpha value is -0.860. The minimum absolute atomic E-state index is 0.126. The Morgan fingerprint density at radius 2 is 2.20 bits per heavy atom. The first-order valence-electron chi connectivity index (χ1n) is 5.82. The first-order valence-corrected chi connectivity index (χ1v) is 5.82. The van der Waals surface area contributed by atoms with E-state index in [1.165, 1.54) is 7.11 Å². The summed E-state index contributed by atoms with van der Waals surface area (Å²) in [4.78, 5) is 22.9. The fraction of sp³-hybridized carbons (Fsp3) is 0.833. The number of hydrogen-bond donors (Lipinski definition) is 0. The van der Waals surface area contributed by atoms with Crippen LogP contribution in [-0.4, -0.2) is 18.9 Å². The maximum absolute atomic E-state index is 11.7. The lowest BCUT2D eigenvalue weighted by Crippen LogP contribution is -2.28. The van der Waals surface area contributed by atoms with Crippen LogP contribution in [0, 0.1) is 17.8 Å². The standard InChI is InChI=1S/C12H18O3/c1-15-12(14)7-8-5-6-10-9(8)3-2-4-11(10)13/h8-10H,2-7H2,1H3. The molecular weight excluding hydrogens is 192 g/mol. The third-order valence-electron chi connectivity index (χ3n) is 4.00. The van der Waals surface area contributed by atoms with E-state index in [2.05, 4.69) is 0 Å². The summed E-state index contributed by atoms with van der Waals surface area (Å²) in [7, 11) is 1.43. The number of rotatable bonds is 2. The summed E-state index contributed by atoms with van der Waals surface area (Å²) < 4.78 is 4.69. The second-order valence-corrected chi connectivity index (χ2v) is 4.75. The fourth-order valence-electron chi connectivity index (χ4n) is 3.24. The molecule has 3 unspecified atom stereocenters. The summed E-state index contributed by atoms with van der Waals surface area (Å²) in [5.41, 5.74) is 0. The molecule has 2 fully saturated rings. The van der Waals surface area contributed by atoms with Crippen LogP contribution >= 0.6 is 0 Å². The Morgan fingerprint density at radius 3 is 2.93 bits per heavy atom. The van der Waals surface area contributed by atoms with E-state index in [-0.39, 0.29) is 11.9 Å². The molecule has 0 heterocycles. The Balaban J connectivity index is 1.98. The molecule has 3 nitrogen and oxygen atoms in total. The van der Waals surface area contributed by atoms with Gasteiger partial charge in [-0.2, -0.15) is 0 Å². The number of carbonyl (C=O) groups is 2. The quantitative estimate of drug-likeness (QED) is 0.654. The highest BCUT2D eigenvalue weighted by Gasteiger charge is 2.42. The third kappa shape index (κ3) is 2.06. The molecule has 0 aromatic carbocycles. The van der Waals surface area contributed by atoms with Gasteiger partial charge in [-0.3, -0.25) is 9.59 Å². The van der Waals surface area contributed by atoms with Gasteiger partial charge < -0.3 is 4.74 Å². The summed E-state index contributed by atoms with van der Waals surface area (Å²) >= 11 is 0. The molecule has 15 heavy (non-hydrogen) atoms. The minimum Gasteiger partial charge on any atom is -0.469 e. The second-order valence-electron chi connectivity index (χ2n) is 4.75. The van der Waals surface area contributed by atoms with Crippen molar-refractivity contribution < 1.29 is 14.3 Å². The molecule has 0 saturated heterocycles. The van der Waals surface area contributed by atoms with Crippen molar-refractivity contribution in [2.24, 2.45) is 17.8 Å². The number of hydrogen-bond acceptors (Lipinski definition) is 3. The zero-order valence-corrected chi connectivity index (χ0v) is 9.20. The summed E-state index contributed by atoms with van der Waals surface area (Å²) in [5.74, 6) is 1.42. The highest BCUT2D eigenvalue weighted by molar-refractivity contribution is 5.82. The average Bonchev–Trinajstić information content (AvgIpc) is 2.63. The molecule has 0 spiro atoms. The van der Waals surface area contributed by atoms with Gasteiger partial charge in [-0.05, 0) is 37.5 Å². The number of fused-ring (bicyclic) bond motifs is 1. The topological polar surface area (TPSA) is 43.4 Å². The Labute approximate surface area is 90.2 Å². The molecule has 2 rings (SSSR count). The molecule has 0 amide bonds. The summed E-state index contributed by atoms with van der Waals surface area (Å²) in [6.07, 6.45) is 5.41. The molecule has 84 valence electrons. The van der Waals surface area contributed by atoms with Crippen LogP contribution in [0.1, 0.15) is 38.5 Å². The molecule has 0 aliphatic heterocycles. The first-order chi connectivity index (χ1) is 7.22. The second kappa shape index (κ2) is 4.33. The van der Waals surface area contributed by atoms with E-state index < -0.39 is 0 Å². The molecule has 0 N–H and O–H groups in total. The average molecular weight is 210 g/mol. The smallest absolute Gasteiger partial charge is 0.305 e. The predicted octanol–water partition coefficient (Wildman–Crippen LogP) is 1.94. The zero-order valence-electron chi connectivity index (χ0n) is 9.20. The highest BCUT2D eigenvalue weighted by atomic mass is 16.5. The summed E-state index contributed by atoms with van der Waals surface area (Å²) in [6, 6.07) is 0. The van der Waals surface area contributed by atoms with Gasteiger partial charge in [0.1, 0.15) is 5.78 Å². The van der Waals surface area contributed by atoms with Gasteiger partial charge in [0.25, 0.3) is 0 Å². The van der Waals surface area contributed by atoms with Gasteiger partial charge in [0, 0.05) is 18.8 Å².